The molecular weight excluding hydrogens is 278 g/mol. The van der Waals surface area contributed by atoms with E-state index in [-0.39, 0.29) is 5.91 Å². The molecule has 124 valence electrons. The van der Waals surface area contributed by atoms with Crippen molar-refractivity contribution >= 4 is 5.91 Å². The van der Waals surface area contributed by atoms with Crippen LogP contribution in [0.3, 0.4) is 0 Å². The number of nitrogens with zero attached hydrogens (tertiary/aromatic N) is 1. The van der Waals surface area contributed by atoms with Crippen LogP contribution in [0.4, 0.5) is 0 Å². The van der Waals surface area contributed by atoms with Crippen molar-refractivity contribution < 1.29 is 9.53 Å². The molecule has 2 N–H and O–H groups in total. The third kappa shape index (κ3) is 6.45. The van der Waals surface area contributed by atoms with Gasteiger partial charge in [-0.3, -0.25) is 9.69 Å². The van der Waals surface area contributed by atoms with Crippen molar-refractivity contribution in [1.82, 2.24) is 15.5 Å². The summed E-state index contributed by atoms with van der Waals surface area (Å²) in [7, 11) is 1.71. The fourth-order valence-electron chi connectivity index (χ4n) is 2.29. The van der Waals surface area contributed by atoms with E-state index in [2.05, 4.69) is 47.6 Å². The molecule has 0 saturated carbocycles. The molecule has 5 nitrogen and oxygen atoms in total. The van der Waals surface area contributed by atoms with E-state index in [9.17, 15) is 4.79 Å². The molecule has 22 heavy (non-hydrogen) atoms. The maximum Gasteiger partial charge on any atom is 0.216 e. The van der Waals surface area contributed by atoms with E-state index in [1.54, 1.807) is 7.11 Å². The largest absolute Gasteiger partial charge is 0.496 e. The van der Waals surface area contributed by atoms with Gasteiger partial charge in [0, 0.05) is 38.7 Å². The number of amides is 1. The first-order chi connectivity index (χ1) is 10.6. The molecule has 0 unspecified atom stereocenters. The smallest absolute Gasteiger partial charge is 0.216 e. The summed E-state index contributed by atoms with van der Waals surface area (Å²) in [6, 6.07) is 6.39. The summed E-state index contributed by atoms with van der Waals surface area (Å²) < 4.78 is 5.50. The van der Waals surface area contributed by atoms with Crippen molar-refractivity contribution in [1.29, 1.82) is 0 Å². The minimum Gasteiger partial charge on any atom is -0.496 e. The lowest BCUT2D eigenvalue weighted by molar-refractivity contribution is -0.118. The van der Waals surface area contributed by atoms with Crippen molar-refractivity contribution in [2.24, 2.45) is 0 Å². The predicted molar refractivity (Wildman–Crippen MR) is 90.0 cm³/mol. The average molecular weight is 307 g/mol. The van der Waals surface area contributed by atoms with Crippen LogP contribution in [0.5, 0.6) is 5.75 Å². The molecule has 0 radical (unpaired) electrons. The molecule has 0 spiro atoms. The molecule has 0 atom stereocenters. The molecule has 0 aliphatic heterocycles. The second kappa shape index (κ2) is 10.2. The number of methoxy groups -OCH3 is 1. The molecule has 1 rings (SSSR count). The van der Waals surface area contributed by atoms with E-state index in [4.69, 9.17) is 4.74 Å². The molecule has 0 aliphatic carbocycles. The van der Waals surface area contributed by atoms with Gasteiger partial charge in [-0.2, -0.15) is 0 Å². The van der Waals surface area contributed by atoms with Gasteiger partial charge in [0.25, 0.3) is 0 Å². The fourth-order valence-corrected chi connectivity index (χ4v) is 2.29. The van der Waals surface area contributed by atoms with Crippen molar-refractivity contribution in [3.63, 3.8) is 0 Å². The number of carbonyl (C=O) groups is 1. The van der Waals surface area contributed by atoms with Crippen LogP contribution in [0.2, 0.25) is 0 Å². The van der Waals surface area contributed by atoms with Crippen molar-refractivity contribution in [3.05, 3.63) is 29.3 Å². The van der Waals surface area contributed by atoms with E-state index < -0.39 is 0 Å². The Kier molecular flexibility index (Phi) is 8.55. The third-order valence-corrected chi connectivity index (χ3v) is 3.64. The minimum atomic E-state index is 0.000126. The summed E-state index contributed by atoms with van der Waals surface area (Å²) >= 11 is 0. The second-order valence-corrected chi connectivity index (χ2v) is 5.27. The monoisotopic (exact) mass is 307 g/mol. The zero-order valence-corrected chi connectivity index (χ0v) is 14.2. The Morgan fingerprint density at radius 1 is 1.23 bits per heavy atom. The molecule has 1 aromatic rings. The van der Waals surface area contributed by atoms with Gasteiger partial charge in [0.1, 0.15) is 5.75 Å². The van der Waals surface area contributed by atoms with Crippen molar-refractivity contribution in [2.75, 3.05) is 33.3 Å². The van der Waals surface area contributed by atoms with Crippen LogP contribution in [0.1, 0.15) is 31.9 Å². The Bertz CT molecular complexity index is 459. The molecule has 0 aromatic heterocycles. The summed E-state index contributed by atoms with van der Waals surface area (Å²) in [5.74, 6) is 0.914. The van der Waals surface area contributed by atoms with Gasteiger partial charge in [-0.05, 0) is 24.7 Å². The van der Waals surface area contributed by atoms with Crippen molar-refractivity contribution in [2.45, 2.75) is 33.9 Å². The van der Waals surface area contributed by atoms with Gasteiger partial charge in [-0.15, -0.1) is 0 Å². The summed E-state index contributed by atoms with van der Waals surface area (Å²) in [6.07, 6.45) is 0. The molecule has 5 heteroatoms. The second-order valence-electron chi connectivity index (χ2n) is 5.27. The number of benzene rings is 1. The lowest BCUT2D eigenvalue weighted by Crippen LogP contribution is -2.30. The van der Waals surface area contributed by atoms with Crippen LogP contribution in [-0.2, 0) is 17.9 Å². The maximum atomic E-state index is 10.8. The number of nitrogens with one attached hydrogen (secondary N) is 2. The van der Waals surface area contributed by atoms with Gasteiger partial charge >= 0.3 is 0 Å². The number of hydrogen-bond acceptors (Lipinski definition) is 4. The number of hydrogen-bond donors (Lipinski definition) is 2. The van der Waals surface area contributed by atoms with Crippen LogP contribution in [0.25, 0.3) is 0 Å². The summed E-state index contributed by atoms with van der Waals surface area (Å²) in [5, 5.41) is 6.07. The first-order valence-electron chi connectivity index (χ1n) is 7.94. The lowest BCUT2D eigenvalue weighted by Gasteiger charge is -2.19. The highest BCUT2D eigenvalue weighted by Crippen LogP contribution is 2.21. The summed E-state index contributed by atoms with van der Waals surface area (Å²) in [4.78, 5) is 13.2. The number of carbonyl (C=O) groups excluding carboxylic acids is 1. The summed E-state index contributed by atoms with van der Waals surface area (Å²) in [5.41, 5.74) is 2.40. The average Bonchev–Trinajstić information content (AvgIpc) is 2.52. The Morgan fingerprint density at radius 3 is 2.55 bits per heavy atom. The highest BCUT2D eigenvalue weighted by molar-refractivity contribution is 5.72. The Labute approximate surface area is 134 Å². The molecule has 1 aromatic carbocycles. The molecule has 0 fully saturated rings. The van der Waals surface area contributed by atoms with Crippen LogP contribution in [-0.4, -0.2) is 44.1 Å². The van der Waals surface area contributed by atoms with Crippen LogP contribution < -0.4 is 15.4 Å². The Hall–Kier alpha value is -1.59. The van der Waals surface area contributed by atoms with Crippen LogP contribution in [0, 0.1) is 0 Å². The normalized spacial score (nSPS) is 10.8. The summed E-state index contributed by atoms with van der Waals surface area (Å²) in [6.45, 7) is 11.0. The van der Waals surface area contributed by atoms with E-state index in [0.717, 1.165) is 44.0 Å². The quantitative estimate of drug-likeness (QED) is 0.647. The fraction of sp³-hybridized carbons (Fsp3) is 0.588. The van der Waals surface area contributed by atoms with E-state index in [0.29, 0.717) is 6.54 Å². The first kappa shape index (κ1) is 18.5. The van der Waals surface area contributed by atoms with E-state index >= 15 is 0 Å². The zero-order chi connectivity index (χ0) is 16.4. The van der Waals surface area contributed by atoms with Gasteiger partial charge in [-0.25, -0.2) is 0 Å². The van der Waals surface area contributed by atoms with Crippen LogP contribution >= 0.6 is 0 Å². The first-order valence-corrected chi connectivity index (χ1v) is 7.94. The number of ether oxygens (including phenoxy) is 1. The van der Waals surface area contributed by atoms with E-state index in [1.807, 2.05) is 0 Å². The molecule has 0 aliphatic rings. The standard InChI is InChI=1S/C17H29N3O2/c1-5-20(6-2)13-15-7-8-16(17(11-15)22-4)12-18-9-10-19-14(3)21/h7-8,11,18H,5-6,9-10,12-13H2,1-4H3,(H,19,21). The SMILES string of the molecule is CCN(CC)Cc1ccc(CNCCNC(C)=O)c(OC)c1. The van der Waals surface area contributed by atoms with Gasteiger partial charge in [0.2, 0.25) is 5.91 Å². The van der Waals surface area contributed by atoms with Crippen LogP contribution in [0.15, 0.2) is 18.2 Å². The molecule has 1 amide bonds. The molecule has 0 saturated heterocycles. The molecule has 0 heterocycles. The zero-order valence-electron chi connectivity index (χ0n) is 14.2. The molecular formula is C17H29N3O2. The number of rotatable bonds is 10. The Morgan fingerprint density at radius 2 is 1.95 bits per heavy atom. The van der Waals surface area contributed by atoms with E-state index in [1.165, 1.54) is 12.5 Å². The van der Waals surface area contributed by atoms with Gasteiger partial charge in [0.15, 0.2) is 0 Å². The van der Waals surface area contributed by atoms with Crippen molar-refractivity contribution in [3.8, 4) is 5.75 Å². The van der Waals surface area contributed by atoms with Gasteiger partial charge < -0.3 is 15.4 Å². The Balaban J connectivity index is 2.55. The molecule has 0 bridgehead atoms. The highest BCUT2D eigenvalue weighted by atomic mass is 16.5. The highest BCUT2D eigenvalue weighted by Gasteiger charge is 2.07. The maximum absolute atomic E-state index is 10.8. The third-order valence-electron chi connectivity index (χ3n) is 3.64. The minimum absolute atomic E-state index is 0.000126. The lowest BCUT2D eigenvalue weighted by atomic mass is 10.1. The topological polar surface area (TPSA) is 53.6 Å². The van der Waals surface area contributed by atoms with Gasteiger partial charge in [-0.1, -0.05) is 26.0 Å². The van der Waals surface area contributed by atoms with Gasteiger partial charge in [0.05, 0.1) is 7.11 Å². The predicted octanol–water partition coefficient (Wildman–Crippen LogP) is 1.76.